The summed E-state index contributed by atoms with van der Waals surface area (Å²) in [7, 11) is 2.03. The molecule has 0 unspecified atom stereocenters. The summed E-state index contributed by atoms with van der Waals surface area (Å²) in [6.45, 7) is 8.18. The Bertz CT molecular complexity index is 1350. The van der Waals surface area contributed by atoms with Crippen molar-refractivity contribution in [3.05, 3.63) is 63.4 Å². The molecule has 6 nitrogen and oxygen atoms in total. The molecule has 9 heteroatoms. The molecule has 1 aliphatic heterocycles. The minimum absolute atomic E-state index is 0.00191. The number of amides is 1. The Morgan fingerprint density at radius 2 is 2.20 bits per heavy atom. The number of benzene rings is 1. The lowest BCUT2D eigenvalue weighted by molar-refractivity contribution is -0.126. The van der Waals surface area contributed by atoms with Crippen molar-refractivity contribution in [2.75, 3.05) is 25.5 Å². The summed E-state index contributed by atoms with van der Waals surface area (Å²) in [5, 5.41) is 13.8. The van der Waals surface area contributed by atoms with E-state index in [1.165, 1.54) is 29.7 Å². The number of anilines is 2. The average Bonchev–Trinajstić information content (AvgIpc) is 3.19. The van der Waals surface area contributed by atoms with Crippen LogP contribution in [0.4, 0.5) is 15.8 Å². The van der Waals surface area contributed by atoms with E-state index in [9.17, 15) is 14.4 Å². The number of nitriles is 1. The van der Waals surface area contributed by atoms with Gasteiger partial charge in [0.2, 0.25) is 5.91 Å². The third-order valence-electron chi connectivity index (χ3n) is 6.27. The fourth-order valence-corrected chi connectivity index (χ4v) is 5.27. The Morgan fingerprint density at radius 1 is 1.43 bits per heavy atom. The van der Waals surface area contributed by atoms with Crippen LogP contribution in [0.3, 0.4) is 0 Å². The molecule has 1 aromatic carbocycles. The first-order valence-corrected chi connectivity index (χ1v) is 12.5. The molecule has 1 N–H and O–H groups in total. The zero-order valence-corrected chi connectivity index (χ0v) is 21.7. The topological polar surface area (TPSA) is 72.3 Å². The number of halogens is 2. The Labute approximate surface area is 213 Å². The quantitative estimate of drug-likeness (QED) is 0.433. The van der Waals surface area contributed by atoms with E-state index in [0.29, 0.717) is 43.0 Å². The van der Waals surface area contributed by atoms with Crippen LogP contribution in [0.25, 0.3) is 10.2 Å². The van der Waals surface area contributed by atoms with Gasteiger partial charge in [0.1, 0.15) is 16.7 Å². The second-order valence-electron chi connectivity index (χ2n) is 9.56. The van der Waals surface area contributed by atoms with Gasteiger partial charge in [0.05, 0.1) is 22.8 Å². The molecule has 0 fully saturated rings. The van der Waals surface area contributed by atoms with Gasteiger partial charge in [-0.3, -0.25) is 9.69 Å². The number of pyridine rings is 1. The van der Waals surface area contributed by atoms with E-state index < -0.39 is 5.82 Å². The molecule has 3 heterocycles. The third-order valence-corrected chi connectivity index (χ3v) is 7.69. The van der Waals surface area contributed by atoms with Gasteiger partial charge in [-0.15, -0.1) is 11.3 Å². The molecule has 182 valence electrons. The minimum Gasteiger partial charge on any atom is -0.354 e. The largest absolute Gasteiger partial charge is 0.354 e. The fraction of sp³-hybridized carbons (Fsp3) is 0.346. The maximum atomic E-state index is 13.6. The standard InChI is InChI=1S/C26H27ClFN5OS/c1-26(2,3)32(4)10-5-6-22(34)33-11-9-18-21(15-33)35-25-23(18)24(16(13-29)14-30-25)31-17-7-8-20(28)19(27)12-17/h5-8,12,14H,9-11,15H2,1-4H3,(H,30,31). The maximum Gasteiger partial charge on any atom is 0.246 e. The summed E-state index contributed by atoms with van der Waals surface area (Å²) < 4.78 is 13.6. The number of likely N-dealkylation sites (N-methyl/N-ethyl adjacent to an activating group) is 1. The monoisotopic (exact) mass is 511 g/mol. The third kappa shape index (κ3) is 5.32. The van der Waals surface area contributed by atoms with Crippen molar-refractivity contribution >= 4 is 50.4 Å². The van der Waals surface area contributed by atoms with E-state index in [1.807, 2.05) is 18.0 Å². The van der Waals surface area contributed by atoms with Gasteiger partial charge < -0.3 is 10.2 Å². The first-order chi connectivity index (χ1) is 16.6. The number of hydrogen-bond donors (Lipinski definition) is 1. The van der Waals surface area contributed by atoms with Crippen molar-refractivity contribution in [2.45, 2.75) is 39.3 Å². The SMILES string of the molecule is CN(CC=CC(=O)N1CCc2c(sc3ncc(C#N)c(Nc4ccc(F)c(Cl)c4)c23)C1)C(C)(C)C. The van der Waals surface area contributed by atoms with Crippen molar-refractivity contribution < 1.29 is 9.18 Å². The van der Waals surface area contributed by atoms with Gasteiger partial charge in [-0.25, -0.2) is 9.37 Å². The normalized spacial score (nSPS) is 13.9. The van der Waals surface area contributed by atoms with Gasteiger partial charge in [-0.05, 0) is 58.0 Å². The summed E-state index contributed by atoms with van der Waals surface area (Å²) in [4.78, 5) is 23.2. The van der Waals surface area contributed by atoms with Gasteiger partial charge in [0.25, 0.3) is 0 Å². The number of carbonyl (C=O) groups excluding carboxylic acids is 1. The summed E-state index contributed by atoms with van der Waals surface area (Å²) in [6, 6.07) is 6.56. The molecule has 0 saturated heterocycles. The van der Waals surface area contributed by atoms with Gasteiger partial charge in [-0.1, -0.05) is 17.7 Å². The summed E-state index contributed by atoms with van der Waals surface area (Å²) in [5.41, 5.74) is 2.72. The molecule has 4 rings (SSSR count). The molecule has 0 atom stereocenters. The van der Waals surface area contributed by atoms with Crippen LogP contribution in [0.1, 0.15) is 36.8 Å². The van der Waals surface area contributed by atoms with Crippen LogP contribution in [0.2, 0.25) is 5.02 Å². The molecule has 0 spiro atoms. The molecule has 2 aromatic heterocycles. The first-order valence-electron chi connectivity index (χ1n) is 11.3. The lowest BCUT2D eigenvalue weighted by Crippen LogP contribution is -2.38. The van der Waals surface area contributed by atoms with Gasteiger partial charge in [0.15, 0.2) is 0 Å². The van der Waals surface area contributed by atoms with Crippen molar-refractivity contribution in [1.82, 2.24) is 14.8 Å². The fourth-order valence-electron chi connectivity index (χ4n) is 3.87. The molecule has 1 amide bonds. The van der Waals surface area contributed by atoms with E-state index in [4.69, 9.17) is 11.6 Å². The highest BCUT2D eigenvalue weighted by atomic mass is 35.5. The summed E-state index contributed by atoms with van der Waals surface area (Å²) >= 11 is 7.48. The molecule has 0 radical (unpaired) electrons. The predicted molar refractivity (Wildman–Crippen MR) is 140 cm³/mol. The highest BCUT2D eigenvalue weighted by Crippen LogP contribution is 2.40. The summed E-state index contributed by atoms with van der Waals surface area (Å²) in [5.74, 6) is -0.519. The van der Waals surface area contributed by atoms with Crippen molar-refractivity contribution in [3.63, 3.8) is 0 Å². The molecule has 3 aromatic rings. The Kier molecular flexibility index (Phi) is 7.13. The Balaban J connectivity index is 1.60. The number of rotatable bonds is 5. The first kappa shape index (κ1) is 25.1. The van der Waals surface area contributed by atoms with Crippen LogP contribution in [-0.4, -0.2) is 46.4 Å². The van der Waals surface area contributed by atoms with Gasteiger partial charge in [-0.2, -0.15) is 5.26 Å². The second-order valence-corrected chi connectivity index (χ2v) is 11.1. The van der Waals surface area contributed by atoms with Crippen LogP contribution >= 0.6 is 22.9 Å². The number of hydrogen-bond acceptors (Lipinski definition) is 6. The average molecular weight is 512 g/mol. The Morgan fingerprint density at radius 3 is 2.89 bits per heavy atom. The molecule has 0 saturated carbocycles. The highest BCUT2D eigenvalue weighted by Gasteiger charge is 2.26. The van der Waals surface area contributed by atoms with Crippen LogP contribution < -0.4 is 5.32 Å². The zero-order chi connectivity index (χ0) is 25.3. The molecule has 0 bridgehead atoms. The molecule has 35 heavy (non-hydrogen) atoms. The molecular formula is C26H27ClFN5OS. The molecule has 1 aliphatic rings. The maximum absolute atomic E-state index is 13.6. The number of nitrogens with one attached hydrogen (secondary N) is 1. The lowest BCUT2D eigenvalue weighted by atomic mass is 10.0. The zero-order valence-electron chi connectivity index (χ0n) is 20.2. The highest BCUT2D eigenvalue weighted by molar-refractivity contribution is 7.19. The smallest absolute Gasteiger partial charge is 0.246 e. The van der Waals surface area contributed by atoms with Crippen LogP contribution in [0.5, 0.6) is 0 Å². The van der Waals surface area contributed by atoms with E-state index in [2.05, 4.69) is 42.0 Å². The predicted octanol–water partition coefficient (Wildman–Crippen LogP) is 5.88. The van der Waals surface area contributed by atoms with Crippen molar-refractivity contribution in [2.24, 2.45) is 0 Å². The van der Waals surface area contributed by atoms with Crippen LogP contribution in [0, 0.1) is 17.1 Å². The van der Waals surface area contributed by atoms with E-state index >= 15 is 0 Å². The van der Waals surface area contributed by atoms with E-state index in [1.54, 1.807) is 12.1 Å². The van der Waals surface area contributed by atoms with Crippen molar-refractivity contribution in [1.29, 1.82) is 5.26 Å². The molecule has 0 aliphatic carbocycles. The number of carbonyl (C=O) groups is 1. The van der Waals surface area contributed by atoms with Crippen LogP contribution in [-0.2, 0) is 17.8 Å². The number of fused-ring (bicyclic) bond motifs is 3. The molecular weight excluding hydrogens is 485 g/mol. The lowest BCUT2D eigenvalue weighted by Gasteiger charge is -2.31. The van der Waals surface area contributed by atoms with Gasteiger partial charge >= 0.3 is 0 Å². The van der Waals surface area contributed by atoms with E-state index in [-0.39, 0.29) is 16.5 Å². The van der Waals surface area contributed by atoms with Gasteiger partial charge in [0, 0.05) is 46.9 Å². The number of nitrogens with zero attached hydrogens (tertiary/aromatic N) is 4. The van der Waals surface area contributed by atoms with Crippen molar-refractivity contribution in [3.8, 4) is 6.07 Å². The minimum atomic E-state index is -0.505. The summed E-state index contributed by atoms with van der Waals surface area (Å²) in [6.07, 6.45) is 5.75. The van der Waals surface area contributed by atoms with Crippen LogP contribution in [0.15, 0.2) is 36.5 Å². The number of thiophene rings is 1. The van der Waals surface area contributed by atoms with E-state index in [0.717, 1.165) is 20.7 Å². The second kappa shape index (κ2) is 9.94. The number of aromatic nitrogens is 1. The Hall–Kier alpha value is -2.99.